The fourth-order valence-corrected chi connectivity index (χ4v) is 3.21. The van der Waals surface area contributed by atoms with Gasteiger partial charge in [-0.3, -0.25) is 0 Å². The summed E-state index contributed by atoms with van der Waals surface area (Å²) in [7, 11) is 1.33. The van der Waals surface area contributed by atoms with Crippen LogP contribution in [0.25, 0.3) is 0 Å². The van der Waals surface area contributed by atoms with Gasteiger partial charge < -0.3 is 18.9 Å². The van der Waals surface area contributed by atoms with E-state index in [0.717, 1.165) is 24.3 Å². The first-order chi connectivity index (χ1) is 10.8. The summed E-state index contributed by atoms with van der Waals surface area (Å²) >= 11 is 0. The number of hydrogen-bond acceptors (Lipinski definition) is 4. The summed E-state index contributed by atoms with van der Waals surface area (Å²) in [5, 5.41) is 0. The Hall–Kier alpha value is -1.20. The van der Waals surface area contributed by atoms with Crippen molar-refractivity contribution >= 4 is 18.3 Å². The fourth-order valence-electron chi connectivity index (χ4n) is 3.21. The monoisotopic (exact) mass is 317 g/mol. The second kappa shape index (κ2) is 6.02. The minimum absolute atomic E-state index is 0.339. The highest BCUT2D eigenvalue weighted by Gasteiger charge is 2.52. The van der Waals surface area contributed by atoms with Crippen molar-refractivity contribution in [1.82, 2.24) is 0 Å². The van der Waals surface area contributed by atoms with E-state index in [1.807, 2.05) is 0 Å². The molecule has 0 aromatic heterocycles. The van der Waals surface area contributed by atoms with Gasteiger partial charge in [0.2, 0.25) is 0 Å². The van der Waals surface area contributed by atoms with Gasteiger partial charge in [-0.15, -0.1) is 0 Å². The van der Waals surface area contributed by atoms with Gasteiger partial charge in [0.05, 0.1) is 18.3 Å². The first-order valence-electron chi connectivity index (χ1n) is 8.62. The summed E-state index contributed by atoms with van der Waals surface area (Å²) in [5.74, 6) is 0.839. The minimum atomic E-state index is -0.384. The van der Waals surface area contributed by atoms with E-state index >= 15 is 0 Å². The van der Waals surface area contributed by atoms with Crippen LogP contribution in [0, 0.1) is 0 Å². The zero-order chi connectivity index (χ0) is 16.7. The lowest BCUT2D eigenvalue weighted by Crippen LogP contribution is -2.41. The van der Waals surface area contributed by atoms with Crippen molar-refractivity contribution in [2.45, 2.75) is 58.2 Å². The SMILES string of the molecule is COc1cc(N2CCCCC2)ccc1B1OC(C)(C)C(C)(C)O1. The Morgan fingerprint density at radius 1 is 1.00 bits per heavy atom. The molecule has 2 aliphatic rings. The molecule has 3 rings (SSSR count). The largest absolute Gasteiger partial charge is 0.498 e. The van der Waals surface area contributed by atoms with E-state index in [4.69, 9.17) is 14.0 Å². The Morgan fingerprint density at radius 3 is 2.17 bits per heavy atom. The molecule has 0 amide bonds. The molecule has 23 heavy (non-hydrogen) atoms. The van der Waals surface area contributed by atoms with Gasteiger partial charge in [-0.2, -0.15) is 0 Å². The fraction of sp³-hybridized carbons (Fsp3) is 0.667. The van der Waals surface area contributed by atoms with Gasteiger partial charge in [0.25, 0.3) is 0 Å². The first kappa shape index (κ1) is 16.7. The van der Waals surface area contributed by atoms with Gasteiger partial charge >= 0.3 is 7.12 Å². The molecule has 0 bridgehead atoms. The summed E-state index contributed by atoms with van der Waals surface area (Å²) in [6.07, 6.45) is 3.86. The standard InChI is InChI=1S/C18H28BNO3/c1-17(2)18(3,4)23-19(22-17)15-10-9-14(13-16(15)21-5)20-11-7-6-8-12-20/h9-10,13H,6-8,11-12H2,1-5H3. The molecule has 2 heterocycles. The molecule has 0 atom stereocenters. The van der Waals surface area contributed by atoms with Crippen molar-refractivity contribution in [1.29, 1.82) is 0 Å². The number of anilines is 1. The zero-order valence-corrected chi connectivity index (χ0v) is 15.0. The van der Waals surface area contributed by atoms with E-state index in [2.05, 4.69) is 50.8 Å². The number of benzene rings is 1. The molecule has 4 nitrogen and oxygen atoms in total. The predicted octanol–water partition coefficient (Wildman–Crippen LogP) is 2.98. The normalized spacial score (nSPS) is 23.2. The number of piperidine rings is 1. The second-order valence-electron chi connectivity index (χ2n) is 7.56. The van der Waals surface area contributed by atoms with Crippen molar-refractivity contribution in [2.75, 3.05) is 25.1 Å². The van der Waals surface area contributed by atoms with Gasteiger partial charge in [0.15, 0.2) is 0 Å². The third kappa shape index (κ3) is 3.09. The van der Waals surface area contributed by atoms with Crippen LogP contribution in [0.3, 0.4) is 0 Å². The van der Waals surface area contributed by atoms with Crippen molar-refractivity contribution in [3.63, 3.8) is 0 Å². The summed E-state index contributed by atoms with van der Waals surface area (Å²) < 4.78 is 18.0. The minimum Gasteiger partial charge on any atom is -0.497 e. The van der Waals surface area contributed by atoms with Crippen LogP contribution in [0.4, 0.5) is 5.69 Å². The Bertz CT molecular complexity index is 551. The highest BCUT2D eigenvalue weighted by molar-refractivity contribution is 6.63. The first-order valence-corrected chi connectivity index (χ1v) is 8.62. The van der Waals surface area contributed by atoms with Crippen molar-refractivity contribution in [3.8, 4) is 5.75 Å². The molecule has 0 saturated carbocycles. The van der Waals surface area contributed by atoms with Gasteiger partial charge in [-0.05, 0) is 53.0 Å². The maximum atomic E-state index is 6.16. The smallest absolute Gasteiger partial charge is 0.497 e. The van der Waals surface area contributed by atoms with Crippen LogP contribution in [-0.4, -0.2) is 38.5 Å². The Morgan fingerprint density at radius 2 is 1.61 bits per heavy atom. The highest BCUT2D eigenvalue weighted by atomic mass is 16.7. The number of methoxy groups -OCH3 is 1. The molecule has 126 valence electrons. The summed E-state index contributed by atoms with van der Waals surface area (Å²) in [5.41, 5.74) is 1.51. The molecule has 1 aromatic carbocycles. The lowest BCUT2D eigenvalue weighted by Gasteiger charge is -2.32. The summed E-state index contributed by atoms with van der Waals surface area (Å²) in [6, 6.07) is 6.37. The van der Waals surface area contributed by atoms with E-state index in [1.54, 1.807) is 7.11 Å². The predicted molar refractivity (Wildman–Crippen MR) is 94.8 cm³/mol. The quantitative estimate of drug-likeness (QED) is 0.802. The number of rotatable bonds is 3. The van der Waals surface area contributed by atoms with Crippen molar-refractivity contribution in [3.05, 3.63) is 18.2 Å². The van der Waals surface area contributed by atoms with E-state index < -0.39 is 0 Å². The average Bonchev–Trinajstić information content (AvgIpc) is 2.75. The second-order valence-corrected chi connectivity index (χ2v) is 7.56. The zero-order valence-electron chi connectivity index (χ0n) is 15.0. The van der Waals surface area contributed by atoms with Crippen molar-refractivity contribution in [2.24, 2.45) is 0 Å². The van der Waals surface area contributed by atoms with Gasteiger partial charge in [0, 0.05) is 30.3 Å². The molecule has 0 unspecified atom stereocenters. The molecule has 5 heteroatoms. The molecular formula is C18H28BNO3. The Kier molecular flexibility index (Phi) is 4.36. The molecule has 0 aliphatic carbocycles. The summed E-state index contributed by atoms with van der Waals surface area (Å²) in [6.45, 7) is 10.5. The Labute approximate surface area is 140 Å². The van der Waals surface area contributed by atoms with E-state index in [9.17, 15) is 0 Å². The third-order valence-electron chi connectivity index (χ3n) is 5.45. The lowest BCUT2D eigenvalue weighted by atomic mass is 9.78. The lowest BCUT2D eigenvalue weighted by molar-refractivity contribution is 0.00578. The molecular weight excluding hydrogens is 289 g/mol. The van der Waals surface area contributed by atoms with Gasteiger partial charge in [-0.25, -0.2) is 0 Å². The topological polar surface area (TPSA) is 30.9 Å². The summed E-state index contributed by atoms with van der Waals surface area (Å²) in [4.78, 5) is 2.43. The van der Waals surface area contributed by atoms with Crippen LogP contribution in [0.2, 0.25) is 0 Å². The van der Waals surface area contributed by atoms with Crippen molar-refractivity contribution < 1.29 is 14.0 Å². The van der Waals surface area contributed by atoms with E-state index in [1.165, 1.54) is 24.9 Å². The maximum absolute atomic E-state index is 6.16. The number of nitrogens with zero attached hydrogens (tertiary/aromatic N) is 1. The molecule has 1 aromatic rings. The van der Waals surface area contributed by atoms with Crippen LogP contribution < -0.4 is 15.1 Å². The average molecular weight is 317 g/mol. The van der Waals surface area contributed by atoms with Crippen LogP contribution in [0.15, 0.2) is 18.2 Å². The van der Waals surface area contributed by atoms with Crippen LogP contribution in [0.5, 0.6) is 5.75 Å². The molecule has 0 spiro atoms. The third-order valence-corrected chi connectivity index (χ3v) is 5.45. The Balaban J connectivity index is 1.86. The van der Waals surface area contributed by atoms with Crippen LogP contribution >= 0.6 is 0 Å². The molecule has 2 saturated heterocycles. The molecule has 2 aliphatic heterocycles. The van der Waals surface area contributed by atoms with Gasteiger partial charge in [-0.1, -0.05) is 6.07 Å². The maximum Gasteiger partial charge on any atom is 0.498 e. The number of hydrogen-bond donors (Lipinski definition) is 0. The number of ether oxygens (including phenoxy) is 1. The molecule has 0 N–H and O–H groups in total. The highest BCUT2D eigenvalue weighted by Crippen LogP contribution is 2.37. The molecule has 2 fully saturated rings. The van der Waals surface area contributed by atoms with E-state index in [0.29, 0.717) is 0 Å². The molecule has 0 radical (unpaired) electrons. The van der Waals surface area contributed by atoms with Gasteiger partial charge in [0.1, 0.15) is 5.75 Å². The van der Waals surface area contributed by atoms with Crippen LogP contribution in [0.1, 0.15) is 47.0 Å². The van der Waals surface area contributed by atoms with E-state index in [-0.39, 0.29) is 18.3 Å². The van der Waals surface area contributed by atoms with Crippen LogP contribution in [-0.2, 0) is 9.31 Å².